The molecular formula is C30H33F3N2O8. The maximum atomic E-state index is 14.2. The second-order valence-electron chi connectivity index (χ2n) is 11.2. The number of benzene rings is 2. The van der Waals surface area contributed by atoms with Gasteiger partial charge in [0, 0.05) is 13.0 Å². The van der Waals surface area contributed by atoms with Crippen molar-refractivity contribution in [2.24, 2.45) is 0 Å². The van der Waals surface area contributed by atoms with Crippen LogP contribution in [0.3, 0.4) is 0 Å². The van der Waals surface area contributed by atoms with Crippen LogP contribution in [0.4, 0.5) is 13.2 Å². The lowest BCUT2D eigenvalue weighted by Gasteiger charge is -2.32. The molecule has 0 spiro atoms. The maximum Gasteiger partial charge on any atom is 0.305 e. The van der Waals surface area contributed by atoms with Gasteiger partial charge in [-0.25, -0.2) is 8.78 Å². The first-order valence-electron chi connectivity index (χ1n) is 13.4. The highest BCUT2D eigenvalue weighted by atomic mass is 19.2. The van der Waals surface area contributed by atoms with E-state index in [0.29, 0.717) is 11.6 Å². The van der Waals surface area contributed by atoms with E-state index in [1.165, 1.54) is 0 Å². The predicted molar refractivity (Wildman–Crippen MR) is 146 cm³/mol. The van der Waals surface area contributed by atoms with E-state index in [9.17, 15) is 42.3 Å². The molecule has 10 nitrogen and oxygen atoms in total. The molecule has 2 aromatic carbocycles. The van der Waals surface area contributed by atoms with E-state index in [1.807, 2.05) is 32.9 Å². The molecule has 1 aliphatic heterocycles. The zero-order valence-electron chi connectivity index (χ0n) is 24.2. The van der Waals surface area contributed by atoms with Gasteiger partial charge in [0.2, 0.25) is 11.6 Å². The molecule has 0 radical (unpaired) electrons. The van der Waals surface area contributed by atoms with E-state index in [1.54, 1.807) is 12.1 Å². The standard InChI is InChI=1S/C30H33F3N2O8/c1-16-11-19(31)26(33)27(25(16)32)43-15-22(37)20(13-24(38)39)34-28(40)23-14-35(9-10-42-23)29(41)21(36)12-17-7-5-6-8-18(17)30(2,3)4/h5-8,11,20,23H,9-10,12-15H2,1-4H3,(H,34,40)(H,38,39)/t20-,23?/m0/s1. The Bertz CT molecular complexity index is 1400. The number of carboxylic acid groups (broad SMARTS) is 1. The molecule has 2 atom stereocenters. The van der Waals surface area contributed by atoms with Crippen molar-refractivity contribution in [1.82, 2.24) is 10.2 Å². The number of hydrogen-bond donors (Lipinski definition) is 2. The summed E-state index contributed by atoms with van der Waals surface area (Å²) in [4.78, 5) is 64.0. The largest absolute Gasteiger partial charge is 0.481 e. The van der Waals surface area contributed by atoms with Gasteiger partial charge in [0.25, 0.3) is 11.8 Å². The van der Waals surface area contributed by atoms with Crippen LogP contribution in [0.2, 0.25) is 0 Å². The third kappa shape index (κ3) is 8.40. The molecule has 2 N–H and O–H groups in total. The molecule has 43 heavy (non-hydrogen) atoms. The summed E-state index contributed by atoms with van der Waals surface area (Å²) in [7, 11) is 0. The summed E-state index contributed by atoms with van der Waals surface area (Å²) in [6, 6.07) is 6.15. The summed E-state index contributed by atoms with van der Waals surface area (Å²) in [6.07, 6.45) is -2.41. The number of Topliss-reactive ketones (excluding diaryl/α,β-unsaturated/α-hetero) is 2. The van der Waals surface area contributed by atoms with Gasteiger partial charge >= 0.3 is 5.97 Å². The number of carbonyl (C=O) groups excluding carboxylic acids is 4. The van der Waals surface area contributed by atoms with Crippen molar-refractivity contribution in [1.29, 1.82) is 0 Å². The molecule has 0 bridgehead atoms. The van der Waals surface area contributed by atoms with Gasteiger partial charge in [-0.05, 0) is 35.1 Å². The van der Waals surface area contributed by atoms with Gasteiger partial charge in [0.1, 0.15) is 12.6 Å². The molecule has 232 valence electrons. The highest BCUT2D eigenvalue weighted by Gasteiger charge is 2.35. The minimum absolute atomic E-state index is 0.0186. The van der Waals surface area contributed by atoms with Gasteiger partial charge in [0.15, 0.2) is 29.3 Å². The zero-order valence-corrected chi connectivity index (χ0v) is 24.2. The molecule has 2 aromatic rings. The summed E-state index contributed by atoms with van der Waals surface area (Å²) in [5.41, 5.74) is 1.05. The van der Waals surface area contributed by atoms with E-state index < -0.39 is 77.7 Å². The van der Waals surface area contributed by atoms with Crippen molar-refractivity contribution in [2.45, 2.75) is 58.1 Å². The van der Waals surface area contributed by atoms with Crippen LogP contribution in [0.25, 0.3) is 0 Å². The molecule has 0 aromatic heterocycles. The Morgan fingerprint density at radius 1 is 1.12 bits per heavy atom. The number of amides is 2. The van der Waals surface area contributed by atoms with Crippen LogP contribution in [0.1, 0.15) is 43.9 Å². The minimum atomic E-state index is -1.71. The average Bonchev–Trinajstić information content (AvgIpc) is 2.94. The van der Waals surface area contributed by atoms with Crippen molar-refractivity contribution >= 4 is 29.4 Å². The SMILES string of the molecule is Cc1cc(F)c(F)c(OCC(=O)[C@H](CC(=O)O)NC(=O)C2CN(C(=O)C(=O)Cc3ccccc3C(C)(C)C)CCO2)c1F. The Balaban J connectivity index is 1.66. The molecule has 13 heteroatoms. The molecule has 0 aliphatic carbocycles. The van der Waals surface area contributed by atoms with Gasteiger partial charge < -0.3 is 24.8 Å². The van der Waals surface area contributed by atoms with Crippen molar-refractivity contribution in [3.05, 3.63) is 64.5 Å². The fraction of sp³-hybridized carbons (Fsp3) is 0.433. The van der Waals surface area contributed by atoms with Crippen LogP contribution in [-0.4, -0.2) is 77.8 Å². The lowest BCUT2D eigenvalue weighted by Crippen LogP contribution is -2.56. The van der Waals surface area contributed by atoms with Crippen LogP contribution < -0.4 is 10.1 Å². The summed E-state index contributed by atoms with van der Waals surface area (Å²) in [5.74, 6) is -10.5. The van der Waals surface area contributed by atoms with Crippen molar-refractivity contribution in [2.75, 3.05) is 26.3 Å². The summed E-state index contributed by atoms with van der Waals surface area (Å²) in [6.45, 7) is 5.57. The topological polar surface area (TPSA) is 139 Å². The van der Waals surface area contributed by atoms with E-state index in [2.05, 4.69) is 5.32 Å². The number of ether oxygens (including phenoxy) is 2. The van der Waals surface area contributed by atoms with Crippen LogP contribution >= 0.6 is 0 Å². The molecular weight excluding hydrogens is 573 g/mol. The van der Waals surface area contributed by atoms with E-state index in [-0.39, 0.29) is 37.1 Å². The van der Waals surface area contributed by atoms with Crippen molar-refractivity contribution in [3.63, 3.8) is 0 Å². The number of rotatable bonds is 11. The number of aliphatic carboxylic acids is 1. The van der Waals surface area contributed by atoms with Crippen LogP contribution in [0.15, 0.2) is 30.3 Å². The normalized spacial score (nSPS) is 15.9. The average molecular weight is 607 g/mol. The highest BCUT2D eigenvalue weighted by molar-refractivity contribution is 6.36. The smallest absolute Gasteiger partial charge is 0.305 e. The highest BCUT2D eigenvalue weighted by Crippen LogP contribution is 2.28. The number of morpholine rings is 1. The predicted octanol–water partition coefficient (Wildman–Crippen LogP) is 2.66. The molecule has 2 amide bonds. The van der Waals surface area contributed by atoms with Gasteiger partial charge in [-0.3, -0.25) is 24.0 Å². The first-order chi connectivity index (χ1) is 20.1. The molecule has 1 unspecified atom stereocenters. The second kappa shape index (κ2) is 13.8. The van der Waals surface area contributed by atoms with Gasteiger partial charge in [-0.15, -0.1) is 0 Å². The van der Waals surface area contributed by atoms with E-state index in [0.717, 1.165) is 17.4 Å². The molecule has 0 saturated carbocycles. The number of halogens is 3. The number of carboxylic acids is 1. The number of ketones is 2. The number of aryl methyl sites for hydroxylation is 1. The summed E-state index contributed by atoms with van der Waals surface area (Å²) >= 11 is 0. The Morgan fingerprint density at radius 2 is 1.79 bits per heavy atom. The zero-order chi connectivity index (χ0) is 32.1. The fourth-order valence-corrected chi connectivity index (χ4v) is 4.58. The van der Waals surface area contributed by atoms with Gasteiger partial charge in [-0.2, -0.15) is 4.39 Å². The van der Waals surface area contributed by atoms with Gasteiger partial charge in [0.05, 0.1) is 19.6 Å². The van der Waals surface area contributed by atoms with Gasteiger partial charge in [-0.1, -0.05) is 45.0 Å². The molecule has 1 heterocycles. The third-order valence-electron chi connectivity index (χ3n) is 6.80. The summed E-state index contributed by atoms with van der Waals surface area (Å²) < 4.78 is 52.1. The third-order valence-corrected chi connectivity index (χ3v) is 6.80. The van der Waals surface area contributed by atoms with Crippen LogP contribution in [-0.2, 0) is 40.5 Å². The Hall–Kier alpha value is -4.26. The van der Waals surface area contributed by atoms with Crippen LogP contribution in [0.5, 0.6) is 5.75 Å². The fourth-order valence-electron chi connectivity index (χ4n) is 4.58. The first kappa shape index (κ1) is 33.2. The quantitative estimate of drug-likeness (QED) is 0.294. The van der Waals surface area contributed by atoms with E-state index >= 15 is 0 Å². The summed E-state index contributed by atoms with van der Waals surface area (Å²) in [5, 5.41) is 11.4. The Kier molecular flexibility index (Phi) is 10.7. The van der Waals surface area contributed by atoms with E-state index in [4.69, 9.17) is 9.47 Å². The molecule has 3 rings (SSSR count). The number of nitrogens with one attached hydrogen (secondary N) is 1. The number of hydrogen-bond acceptors (Lipinski definition) is 7. The first-order valence-corrected chi connectivity index (χ1v) is 13.4. The monoisotopic (exact) mass is 606 g/mol. The lowest BCUT2D eigenvalue weighted by molar-refractivity contribution is -0.154. The molecule has 1 aliphatic rings. The van der Waals surface area contributed by atoms with Crippen molar-refractivity contribution < 1.29 is 51.7 Å². The number of carbonyl (C=O) groups is 5. The maximum absolute atomic E-state index is 14.2. The Labute approximate surface area is 246 Å². The lowest BCUT2D eigenvalue weighted by atomic mass is 9.82. The second-order valence-corrected chi connectivity index (χ2v) is 11.2. The van der Waals surface area contributed by atoms with Crippen molar-refractivity contribution in [3.8, 4) is 5.75 Å². The molecule has 1 fully saturated rings. The molecule has 1 saturated heterocycles. The van der Waals surface area contributed by atoms with Crippen LogP contribution in [0, 0.1) is 24.4 Å². The minimum Gasteiger partial charge on any atom is -0.481 e. The number of nitrogens with zero attached hydrogens (tertiary/aromatic N) is 1. The Morgan fingerprint density at radius 3 is 2.44 bits per heavy atom.